The molecule has 2 N–H and O–H groups in total. The number of carbonyl (C=O) groups is 1. The molecular weight excluding hydrogens is 304 g/mol. The number of nitrogens with two attached hydrogens (primary N) is 1. The average molecular weight is 329 g/mol. The van der Waals surface area contributed by atoms with Gasteiger partial charge in [0, 0.05) is 25.2 Å². The summed E-state index contributed by atoms with van der Waals surface area (Å²) in [4.78, 5) is 14.1. The minimum absolute atomic E-state index is 0.0576. The lowest BCUT2D eigenvalue weighted by atomic mass is 10.1. The van der Waals surface area contributed by atoms with E-state index in [1.807, 2.05) is 20.8 Å². The van der Waals surface area contributed by atoms with Gasteiger partial charge in [0.25, 0.3) is 5.91 Å². The first-order chi connectivity index (χ1) is 10.5. The van der Waals surface area contributed by atoms with Crippen molar-refractivity contribution >= 4 is 17.5 Å². The number of ether oxygens (including phenoxy) is 2. The van der Waals surface area contributed by atoms with Gasteiger partial charge >= 0.3 is 0 Å². The fourth-order valence-electron chi connectivity index (χ4n) is 1.86. The van der Waals surface area contributed by atoms with E-state index in [-0.39, 0.29) is 11.9 Å². The first kappa shape index (κ1) is 18.6. The van der Waals surface area contributed by atoms with Crippen LogP contribution < -0.4 is 15.2 Å². The molecule has 1 atom stereocenters. The highest BCUT2D eigenvalue weighted by molar-refractivity contribution is 6.32. The molecule has 0 aliphatic carbocycles. The van der Waals surface area contributed by atoms with Crippen LogP contribution in [0.25, 0.3) is 0 Å². The Morgan fingerprint density at radius 3 is 2.59 bits per heavy atom. The fourth-order valence-corrected chi connectivity index (χ4v) is 2.13. The molecule has 0 spiro atoms. The zero-order valence-electron chi connectivity index (χ0n) is 13.7. The summed E-state index contributed by atoms with van der Waals surface area (Å²) in [6.07, 6.45) is 0.860. The quantitative estimate of drug-likeness (QED) is 0.796. The molecule has 124 valence electrons. The van der Waals surface area contributed by atoms with E-state index in [2.05, 4.69) is 0 Å². The van der Waals surface area contributed by atoms with Gasteiger partial charge in [0.05, 0.1) is 18.2 Å². The highest BCUT2D eigenvalue weighted by atomic mass is 35.5. The second-order valence-electron chi connectivity index (χ2n) is 5.07. The van der Waals surface area contributed by atoms with Crippen LogP contribution in [0.2, 0.25) is 5.02 Å². The number of hydrogen-bond donors (Lipinski definition) is 1. The van der Waals surface area contributed by atoms with Gasteiger partial charge in [-0.15, -0.1) is 0 Å². The van der Waals surface area contributed by atoms with Gasteiger partial charge < -0.3 is 20.1 Å². The van der Waals surface area contributed by atoms with Gasteiger partial charge in [-0.05, 0) is 32.4 Å². The standard InChI is InChI=1S/C16H25ClN2O3/c1-5-7-22-15-13(17)8-12(9-14(15)21-6-2)16(20)19(4)11(3)10-18/h8-9,11H,5-7,10,18H2,1-4H3. The SMILES string of the molecule is CCCOc1c(Cl)cc(C(=O)N(C)C(C)CN)cc1OCC. The Bertz CT molecular complexity index is 508. The number of halogens is 1. The van der Waals surface area contributed by atoms with E-state index in [4.69, 9.17) is 26.8 Å². The first-order valence-electron chi connectivity index (χ1n) is 7.52. The summed E-state index contributed by atoms with van der Waals surface area (Å²) >= 11 is 6.27. The van der Waals surface area contributed by atoms with Gasteiger partial charge in [0.15, 0.2) is 11.5 Å². The van der Waals surface area contributed by atoms with E-state index in [0.717, 1.165) is 6.42 Å². The average Bonchev–Trinajstić information content (AvgIpc) is 2.52. The Kier molecular flexibility index (Phi) is 7.48. The Morgan fingerprint density at radius 2 is 2.05 bits per heavy atom. The molecule has 1 rings (SSSR count). The minimum Gasteiger partial charge on any atom is -0.490 e. The highest BCUT2D eigenvalue weighted by Gasteiger charge is 2.20. The lowest BCUT2D eigenvalue weighted by molar-refractivity contribution is 0.0748. The molecule has 0 radical (unpaired) electrons. The smallest absolute Gasteiger partial charge is 0.254 e. The van der Waals surface area contributed by atoms with Gasteiger partial charge in [-0.3, -0.25) is 4.79 Å². The fraction of sp³-hybridized carbons (Fsp3) is 0.562. The third-order valence-corrected chi connectivity index (χ3v) is 3.61. The maximum absolute atomic E-state index is 12.5. The van der Waals surface area contributed by atoms with Crippen molar-refractivity contribution < 1.29 is 14.3 Å². The molecule has 22 heavy (non-hydrogen) atoms. The highest BCUT2D eigenvalue weighted by Crippen LogP contribution is 2.37. The van der Waals surface area contributed by atoms with Crippen LogP contribution in [0.4, 0.5) is 0 Å². The lowest BCUT2D eigenvalue weighted by Crippen LogP contribution is -2.39. The minimum atomic E-state index is -0.150. The van der Waals surface area contributed by atoms with Crippen LogP contribution in [0.15, 0.2) is 12.1 Å². The van der Waals surface area contributed by atoms with Crippen molar-refractivity contribution in [2.45, 2.75) is 33.2 Å². The zero-order chi connectivity index (χ0) is 16.7. The Morgan fingerprint density at radius 1 is 1.36 bits per heavy atom. The molecule has 0 fully saturated rings. The summed E-state index contributed by atoms with van der Waals surface area (Å²) < 4.78 is 11.2. The molecule has 0 saturated carbocycles. The zero-order valence-corrected chi connectivity index (χ0v) is 14.4. The summed E-state index contributed by atoms with van der Waals surface area (Å²) in [6, 6.07) is 3.22. The number of hydrogen-bond acceptors (Lipinski definition) is 4. The molecule has 0 aromatic heterocycles. The normalized spacial score (nSPS) is 11.9. The predicted octanol–water partition coefficient (Wildman–Crippen LogP) is 2.95. The van der Waals surface area contributed by atoms with Crippen molar-refractivity contribution in [2.75, 3.05) is 26.8 Å². The molecule has 1 amide bonds. The third-order valence-electron chi connectivity index (χ3n) is 3.33. The van der Waals surface area contributed by atoms with Crippen LogP contribution in [0.3, 0.4) is 0 Å². The maximum atomic E-state index is 12.5. The topological polar surface area (TPSA) is 64.8 Å². The molecule has 6 heteroatoms. The van der Waals surface area contributed by atoms with E-state index in [1.165, 1.54) is 0 Å². The molecule has 1 unspecified atom stereocenters. The summed E-state index contributed by atoms with van der Waals surface area (Å²) in [6.45, 7) is 7.17. The van der Waals surface area contributed by atoms with Gasteiger partial charge in [0.1, 0.15) is 0 Å². The Labute approximate surface area is 137 Å². The summed E-state index contributed by atoms with van der Waals surface area (Å²) in [5.41, 5.74) is 6.07. The molecule has 0 bridgehead atoms. The van der Waals surface area contributed by atoms with Crippen LogP contribution in [0, 0.1) is 0 Å². The molecule has 0 aliphatic rings. The Balaban J connectivity index is 3.14. The summed E-state index contributed by atoms with van der Waals surface area (Å²) in [5.74, 6) is 0.819. The molecule has 0 heterocycles. The van der Waals surface area contributed by atoms with E-state index in [0.29, 0.717) is 41.8 Å². The third kappa shape index (κ3) is 4.52. The molecule has 5 nitrogen and oxygen atoms in total. The largest absolute Gasteiger partial charge is 0.490 e. The van der Waals surface area contributed by atoms with Crippen molar-refractivity contribution in [1.29, 1.82) is 0 Å². The number of nitrogens with zero attached hydrogens (tertiary/aromatic N) is 1. The van der Waals surface area contributed by atoms with Gasteiger partial charge in [-0.25, -0.2) is 0 Å². The summed E-state index contributed by atoms with van der Waals surface area (Å²) in [5, 5.41) is 0.372. The van der Waals surface area contributed by atoms with Gasteiger partial charge in [0.2, 0.25) is 0 Å². The van der Waals surface area contributed by atoms with Crippen molar-refractivity contribution in [3.05, 3.63) is 22.7 Å². The van der Waals surface area contributed by atoms with Crippen LogP contribution >= 0.6 is 11.6 Å². The molecule has 0 aliphatic heterocycles. The molecule has 1 aromatic rings. The number of amides is 1. The summed E-state index contributed by atoms with van der Waals surface area (Å²) in [7, 11) is 1.72. The van der Waals surface area contributed by atoms with Gasteiger partial charge in [-0.2, -0.15) is 0 Å². The van der Waals surface area contributed by atoms with E-state index >= 15 is 0 Å². The molecule has 0 saturated heterocycles. The second-order valence-corrected chi connectivity index (χ2v) is 5.47. The van der Waals surface area contributed by atoms with Gasteiger partial charge in [-0.1, -0.05) is 18.5 Å². The van der Waals surface area contributed by atoms with Crippen LogP contribution in [0.1, 0.15) is 37.6 Å². The molecular formula is C16H25ClN2O3. The first-order valence-corrected chi connectivity index (χ1v) is 7.90. The van der Waals surface area contributed by atoms with Crippen molar-refractivity contribution in [2.24, 2.45) is 5.73 Å². The maximum Gasteiger partial charge on any atom is 0.254 e. The monoisotopic (exact) mass is 328 g/mol. The van der Waals surface area contributed by atoms with E-state index in [9.17, 15) is 4.79 Å². The number of rotatable bonds is 8. The van der Waals surface area contributed by atoms with E-state index < -0.39 is 0 Å². The van der Waals surface area contributed by atoms with E-state index in [1.54, 1.807) is 24.1 Å². The van der Waals surface area contributed by atoms with Crippen molar-refractivity contribution in [3.63, 3.8) is 0 Å². The number of benzene rings is 1. The van der Waals surface area contributed by atoms with Crippen LogP contribution in [-0.4, -0.2) is 43.7 Å². The Hall–Kier alpha value is -1.46. The van der Waals surface area contributed by atoms with Crippen molar-refractivity contribution in [3.8, 4) is 11.5 Å². The number of likely N-dealkylation sites (N-methyl/N-ethyl adjacent to an activating group) is 1. The molecule has 1 aromatic carbocycles. The predicted molar refractivity (Wildman–Crippen MR) is 89.0 cm³/mol. The van der Waals surface area contributed by atoms with Crippen molar-refractivity contribution in [1.82, 2.24) is 4.90 Å². The lowest BCUT2D eigenvalue weighted by Gasteiger charge is -2.24. The second kappa shape index (κ2) is 8.86. The van der Waals surface area contributed by atoms with Crippen LogP contribution in [0.5, 0.6) is 11.5 Å². The number of carbonyl (C=O) groups excluding carboxylic acids is 1. The van der Waals surface area contributed by atoms with Crippen LogP contribution in [-0.2, 0) is 0 Å².